The highest BCUT2D eigenvalue weighted by Gasteiger charge is 2.24. The van der Waals surface area contributed by atoms with E-state index in [1.54, 1.807) is 45.6 Å². The number of rotatable bonds is 5. The topological polar surface area (TPSA) is 69.2 Å². The lowest BCUT2D eigenvalue weighted by Gasteiger charge is -2.07. The van der Waals surface area contributed by atoms with Crippen molar-refractivity contribution in [2.24, 2.45) is 4.99 Å². The van der Waals surface area contributed by atoms with Crippen molar-refractivity contribution in [3.8, 4) is 17.2 Å². The molecule has 1 saturated heterocycles. The minimum Gasteiger partial charge on any atom is -0.497 e. The van der Waals surface area contributed by atoms with Gasteiger partial charge in [-0.3, -0.25) is 4.79 Å². The van der Waals surface area contributed by atoms with Crippen molar-refractivity contribution in [2.45, 2.75) is 0 Å². The molecule has 0 aliphatic carbocycles. The molecule has 2 aromatic carbocycles. The molecule has 6 nitrogen and oxygen atoms in total. The summed E-state index contributed by atoms with van der Waals surface area (Å²) in [5.41, 5.74) is 1.44. The third-order valence-electron chi connectivity index (χ3n) is 3.69. The number of benzene rings is 2. The van der Waals surface area contributed by atoms with Gasteiger partial charge in [0.05, 0.1) is 26.2 Å². The first-order chi connectivity index (χ1) is 12.6. The fourth-order valence-corrected chi connectivity index (χ4v) is 3.22. The number of methoxy groups -OCH3 is 3. The summed E-state index contributed by atoms with van der Waals surface area (Å²) in [4.78, 5) is 17.3. The number of carbonyl (C=O) groups is 1. The van der Waals surface area contributed by atoms with Gasteiger partial charge in [-0.1, -0.05) is 18.2 Å². The molecule has 7 heteroatoms. The van der Waals surface area contributed by atoms with E-state index in [1.807, 2.05) is 24.3 Å². The van der Waals surface area contributed by atoms with Crippen LogP contribution in [0.1, 0.15) is 5.56 Å². The summed E-state index contributed by atoms with van der Waals surface area (Å²) in [6.45, 7) is 0. The number of nitrogens with zero attached hydrogens (tertiary/aromatic N) is 1. The van der Waals surface area contributed by atoms with Crippen LogP contribution in [0.2, 0.25) is 0 Å². The van der Waals surface area contributed by atoms with Gasteiger partial charge in [0, 0.05) is 11.6 Å². The zero-order chi connectivity index (χ0) is 18.5. The molecule has 0 atom stereocenters. The molecule has 0 spiro atoms. The molecule has 134 valence electrons. The maximum atomic E-state index is 12.3. The Hall–Kier alpha value is -2.93. The molecule has 0 aromatic heterocycles. The summed E-state index contributed by atoms with van der Waals surface area (Å²) < 4.78 is 15.8. The largest absolute Gasteiger partial charge is 0.497 e. The molecule has 26 heavy (non-hydrogen) atoms. The number of hydrogen-bond acceptors (Lipinski definition) is 6. The first-order valence-electron chi connectivity index (χ1n) is 7.79. The summed E-state index contributed by atoms with van der Waals surface area (Å²) >= 11 is 1.26. The molecule has 0 unspecified atom stereocenters. The molecule has 1 amide bonds. The van der Waals surface area contributed by atoms with Crippen LogP contribution in [-0.4, -0.2) is 32.4 Å². The molecule has 1 aliphatic heterocycles. The van der Waals surface area contributed by atoms with E-state index in [0.717, 1.165) is 5.56 Å². The van der Waals surface area contributed by atoms with Gasteiger partial charge in [-0.2, -0.15) is 0 Å². The summed E-state index contributed by atoms with van der Waals surface area (Å²) in [6.07, 6.45) is 1.78. The number of hydrogen-bond donors (Lipinski definition) is 1. The van der Waals surface area contributed by atoms with E-state index >= 15 is 0 Å². The number of thioether (sulfide) groups is 1. The van der Waals surface area contributed by atoms with Crippen LogP contribution in [-0.2, 0) is 4.79 Å². The number of para-hydroxylation sites is 1. The molecule has 0 bridgehead atoms. The van der Waals surface area contributed by atoms with Crippen molar-refractivity contribution in [1.29, 1.82) is 0 Å². The van der Waals surface area contributed by atoms with Gasteiger partial charge in [0.2, 0.25) is 0 Å². The maximum Gasteiger partial charge on any atom is 0.264 e. The van der Waals surface area contributed by atoms with Gasteiger partial charge in [0.25, 0.3) is 5.91 Å². The Bertz CT molecular complexity index is 893. The lowest BCUT2D eigenvalue weighted by atomic mass is 10.2. The van der Waals surface area contributed by atoms with E-state index in [9.17, 15) is 4.79 Å². The summed E-state index contributed by atoms with van der Waals surface area (Å²) in [7, 11) is 4.75. The molecule has 0 saturated carbocycles. The second-order valence-corrected chi connectivity index (χ2v) is 6.29. The first-order valence-corrected chi connectivity index (χ1v) is 8.61. The third kappa shape index (κ3) is 3.83. The molecule has 1 aliphatic rings. The van der Waals surface area contributed by atoms with Gasteiger partial charge in [-0.05, 0) is 36.0 Å². The lowest BCUT2D eigenvalue weighted by molar-refractivity contribution is -0.115. The SMILES string of the molecule is COc1ccc(N=C2NC(=O)C(=Cc3ccccc3OC)S2)c(OC)c1. The Balaban J connectivity index is 1.88. The van der Waals surface area contributed by atoms with Crippen molar-refractivity contribution in [2.75, 3.05) is 21.3 Å². The van der Waals surface area contributed by atoms with E-state index < -0.39 is 0 Å². The Kier molecular flexibility index (Phi) is 5.48. The summed E-state index contributed by atoms with van der Waals surface area (Å²) in [5.74, 6) is 1.74. The highest BCUT2D eigenvalue weighted by molar-refractivity contribution is 8.18. The Morgan fingerprint density at radius 1 is 1.00 bits per heavy atom. The van der Waals surface area contributed by atoms with E-state index in [4.69, 9.17) is 14.2 Å². The van der Waals surface area contributed by atoms with Crippen LogP contribution in [0.25, 0.3) is 6.08 Å². The quantitative estimate of drug-likeness (QED) is 0.815. The standard InChI is InChI=1S/C19H18N2O4S/c1-23-13-8-9-14(16(11-13)25-3)20-19-21-18(22)17(26-19)10-12-6-4-5-7-15(12)24-2/h4-11H,1-3H3,(H,20,21,22). The number of amides is 1. The summed E-state index contributed by atoms with van der Waals surface area (Å²) in [6, 6.07) is 12.8. The molecule has 2 aromatic rings. The van der Waals surface area contributed by atoms with Crippen molar-refractivity contribution in [1.82, 2.24) is 5.32 Å². The highest BCUT2D eigenvalue weighted by Crippen LogP contribution is 2.35. The maximum absolute atomic E-state index is 12.3. The molecule has 1 heterocycles. The average Bonchev–Trinajstić information content (AvgIpc) is 3.01. The third-order valence-corrected chi connectivity index (χ3v) is 4.60. The van der Waals surface area contributed by atoms with Crippen LogP contribution in [0.3, 0.4) is 0 Å². The molecule has 0 radical (unpaired) electrons. The van der Waals surface area contributed by atoms with Gasteiger partial charge in [0.15, 0.2) is 5.17 Å². The van der Waals surface area contributed by atoms with Gasteiger partial charge >= 0.3 is 0 Å². The Morgan fingerprint density at radius 3 is 2.50 bits per heavy atom. The molecular formula is C19H18N2O4S. The van der Waals surface area contributed by atoms with Gasteiger partial charge in [0.1, 0.15) is 22.9 Å². The Morgan fingerprint density at radius 2 is 1.77 bits per heavy atom. The van der Waals surface area contributed by atoms with Crippen molar-refractivity contribution < 1.29 is 19.0 Å². The lowest BCUT2D eigenvalue weighted by Crippen LogP contribution is -2.19. The van der Waals surface area contributed by atoms with E-state index in [-0.39, 0.29) is 5.91 Å². The number of aliphatic imine (C=N–C) groups is 1. The van der Waals surface area contributed by atoms with Gasteiger partial charge in [-0.15, -0.1) is 0 Å². The smallest absolute Gasteiger partial charge is 0.264 e. The second-order valence-electron chi connectivity index (χ2n) is 5.26. The number of nitrogens with one attached hydrogen (secondary N) is 1. The number of amidine groups is 1. The van der Waals surface area contributed by atoms with Crippen LogP contribution in [0.4, 0.5) is 5.69 Å². The molecule has 1 fully saturated rings. The zero-order valence-corrected chi connectivity index (χ0v) is 15.4. The van der Waals surface area contributed by atoms with Crippen molar-refractivity contribution in [3.05, 3.63) is 52.9 Å². The van der Waals surface area contributed by atoms with Gasteiger partial charge in [-0.25, -0.2) is 4.99 Å². The van der Waals surface area contributed by atoms with Crippen molar-refractivity contribution in [3.63, 3.8) is 0 Å². The van der Waals surface area contributed by atoms with Crippen molar-refractivity contribution >= 4 is 34.6 Å². The first kappa shape index (κ1) is 17.9. The van der Waals surface area contributed by atoms with E-state index in [2.05, 4.69) is 10.3 Å². The van der Waals surface area contributed by atoms with E-state index in [0.29, 0.717) is 33.0 Å². The second kappa shape index (κ2) is 7.97. The average molecular weight is 370 g/mol. The molecule has 1 N–H and O–H groups in total. The fourth-order valence-electron chi connectivity index (χ4n) is 2.39. The van der Waals surface area contributed by atoms with Gasteiger partial charge < -0.3 is 19.5 Å². The fraction of sp³-hybridized carbons (Fsp3) is 0.158. The zero-order valence-electron chi connectivity index (χ0n) is 14.6. The predicted molar refractivity (Wildman–Crippen MR) is 103 cm³/mol. The minimum absolute atomic E-state index is 0.202. The predicted octanol–water partition coefficient (Wildman–Crippen LogP) is 3.60. The molecule has 3 rings (SSSR count). The van der Waals surface area contributed by atoms with Crippen LogP contribution in [0, 0.1) is 0 Å². The van der Waals surface area contributed by atoms with Crippen LogP contribution < -0.4 is 19.5 Å². The van der Waals surface area contributed by atoms with Crippen LogP contribution >= 0.6 is 11.8 Å². The number of carbonyl (C=O) groups excluding carboxylic acids is 1. The number of ether oxygens (including phenoxy) is 3. The van der Waals surface area contributed by atoms with Crippen LogP contribution in [0.5, 0.6) is 17.2 Å². The van der Waals surface area contributed by atoms with Crippen LogP contribution in [0.15, 0.2) is 52.4 Å². The highest BCUT2D eigenvalue weighted by atomic mass is 32.2. The minimum atomic E-state index is -0.202. The summed E-state index contributed by atoms with van der Waals surface area (Å²) in [5, 5.41) is 3.25. The molecular weight excluding hydrogens is 352 g/mol. The Labute approximate surface area is 155 Å². The van der Waals surface area contributed by atoms with E-state index in [1.165, 1.54) is 11.8 Å². The normalized spacial score (nSPS) is 16.7. The monoisotopic (exact) mass is 370 g/mol.